The first-order valence-corrected chi connectivity index (χ1v) is 10.2. The predicted octanol–water partition coefficient (Wildman–Crippen LogP) is 8.78. The number of hydrogen-bond donors (Lipinski definition) is 0. The van der Waals surface area contributed by atoms with Crippen molar-refractivity contribution in [3.05, 3.63) is 101 Å². The molecule has 162 valence electrons. The van der Waals surface area contributed by atoms with Crippen LogP contribution in [-0.2, 0) is 6.42 Å². The smallest absolute Gasteiger partial charge is 0.206 e. The zero-order chi connectivity index (χ0) is 22.8. The van der Waals surface area contributed by atoms with Crippen molar-refractivity contribution in [2.45, 2.75) is 19.8 Å². The Kier molecular flexibility index (Phi) is 6.08. The van der Waals surface area contributed by atoms with E-state index in [-0.39, 0.29) is 16.5 Å². The highest BCUT2D eigenvalue weighted by Crippen LogP contribution is 2.32. The lowest BCUT2D eigenvalue weighted by atomic mass is 9.96. The molecule has 0 aliphatic rings. The van der Waals surface area contributed by atoms with Gasteiger partial charge >= 0.3 is 0 Å². The summed E-state index contributed by atoms with van der Waals surface area (Å²) >= 11 is 0. The average Bonchev–Trinajstić information content (AvgIpc) is 2.75. The molecule has 0 amide bonds. The van der Waals surface area contributed by atoms with E-state index in [1.807, 2.05) is 13.0 Å². The van der Waals surface area contributed by atoms with Gasteiger partial charge in [0.25, 0.3) is 6.08 Å². The molecule has 0 N–H and O–H groups in total. The quantitative estimate of drug-likeness (QED) is 0.273. The fraction of sp³-hybridized carbons (Fsp3) is 0.111. The largest absolute Gasteiger partial charge is 0.271 e. The van der Waals surface area contributed by atoms with E-state index in [9.17, 15) is 22.0 Å². The molecule has 4 rings (SSSR count). The third kappa shape index (κ3) is 4.28. The van der Waals surface area contributed by atoms with E-state index in [0.717, 1.165) is 18.4 Å². The van der Waals surface area contributed by atoms with Crippen molar-refractivity contribution in [3.8, 4) is 22.3 Å². The molecule has 0 spiro atoms. The summed E-state index contributed by atoms with van der Waals surface area (Å²) in [6.45, 7) is 2.01. The molecule has 0 aliphatic heterocycles. The van der Waals surface area contributed by atoms with Crippen LogP contribution in [0.25, 0.3) is 39.1 Å². The number of rotatable bonds is 5. The lowest BCUT2D eigenvalue weighted by Crippen LogP contribution is -1.92. The minimum Gasteiger partial charge on any atom is -0.206 e. The lowest BCUT2D eigenvalue weighted by Gasteiger charge is -2.10. The highest BCUT2D eigenvalue weighted by molar-refractivity contribution is 5.90. The maximum absolute atomic E-state index is 15.0. The van der Waals surface area contributed by atoms with Crippen LogP contribution in [0.5, 0.6) is 0 Å². The third-order valence-electron chi connectivity index (χ3n) is 5.41. The first kappa shape index (κ1) is 21.8. The van der Waals surface area contributed by atoms with Gasteiger partial charge in [-0.25, -0.2) is 13.2 Å². The van der Waals surface area contributed by atoms with Crippen LogP contribution >= 0.6 is 0 Å². The second-order valence-electron chi connectivity index (χ2n) is 7.60. The summed E-state index contributed by atoms with van der Waals surface area (Å²) in [5.41, 5.74) is 2.19. The van der Waals surface area contributed by atoms with Gasteiger partial charge < -0.3 is 0 Å². The molecule has 0 aromatic heterocycles. The summed E-state index contributed by atoms with van der Waals surface area (Å²) in [4.78, 5) is 0. The molecule has 32 heavy (non-hydrogen) atoms. The van der Waals surface area contributed by atoms with Gasteiger partial charge in [-0.1, -0.05) is 61.9 Å². The maximum Gasteiger partial charge on any atom is 0.271 e. The molecular formula is C27H19F5. The van der Waals surface area contributed by atoms with Gasteiger partial charge in [0.2, 0.25) is 0 Å². The van der Waals surface area contributed by atoms with E-state index in [0.29, 0.717) is 28.2 Å². The monoisotopic (exact) mass is 438 g/mol. The van der Waals surface area contributed by atoms with Gasteiger partial charge in [-0.3, -0.25) is 0 Å². The van der Waals surface area contributed by atoms with Crippen LogP contribution < -0.4 is 0 Å². The third-order valence-corrected chi connectivity index (χ3v) is 5.41. The van der Waals surface area contributed by atoms with Crippen LogP contribution in [0.3, 0.4) is 0 Å². The van der Waals surface area contributed by atoms with Gasteiger partial charge in [0, 0.05) is 28.2 Å². The number of benzene rings is 4. The minimum absolute atomic E-state index is 0.162. The Morgan fingerprint density at radius 2 is 1.41 bits per heavy atom. The summed E-state index contributed by atoms with van der Waals surface area (Å²) in [6, 6.07) is 16.8. The summed E-state index contributed by atoms with van der Waals surface area (Å²) in [7, 11) is 0. The highest BCUT2D eigenvalue weighted by atomic mass is 19.3. The van der Waals surface area contributed by atoms with Gasteiger partial charge in [0.1, 0.15) is 17.5 Å². The maximum atomic E-state index is 15.0. The second kappa shape index (κ2) is 8.95. The first-order chi connectivity index (χ1) is 15.4. The number of halogens is 5. The van der Waals surface area contributed by atoms with Gasteiger partial charge in [-0.05, 0) is 46.7 Å². The van der Waals surface area contributed by atoms with Crippen LogP contribution in [-0.4, -0.2) is 0 Å². The number of fused-ring (bicyclic) bond motifs is 1. The van der Waals surface area contributed by atoms with Crippen molar-refractivity contribution < 1.29 is 22.0 Å². The van der Waals surface area contributed by atoms with Gasteiger partial charge in [-0.2, -0.15) is 8.78 Å². The standard InChI is InChI=1S/C27H19F5/c1-2-3-16-4-9-21(24(28)12-16)19-7-10-22(25(29)14-19)17-8-11-23-18(13-17)5-6-20(27(23)32)15-26(30)31/h4-15H,2-3H2,1H3. The molecule has 0 atom stereocenters. The van der Waals surface area contributed by atoms with Crippen molar-refractivity contribution in [2.75, 3.05) is 0 Å². The van der Waals surface area contributed by atoms with E-state index in [1.54, 1.807) is 24.3 Å². The second-order valence-corrected chi connectivity index (χ2v) is 7.60. The molecule has 0 unspecified atom stereocenters. The van der Waals surface area contributed by atoms with Crippen LogP contribution in [0.1, 0.15) is 24.5 Å². The Labute approximate surface area is 182 Å². The van der Waals surface area contributed by atoms with Gasteiger partial charge in [0.05, 0.1) is 0 Å². The van der Waals surface area contributed by atoms with Crippen LogP contribution in [0.2, 0.25) is 0 Å². The van der Waals surface area contributed by atoms with Crippen molar-refractivity contribution in [2.24, 2.45) is 0 Å². The van der Waals surface area contributed by atoms with E-state index in [1.165, 1.54) is 36.4 Å². The van der Waals surface area contributed by atoms with Crippen molar-refractivity contribution in [1.82, 2.24) is 0 Å². The molecule has 0 heterocycles. The van der Waals surface area contributed by atoms with Crippen LogP contribution in [0, 0.1) is 17.5 Å². The van der Waals surface area contributed by atoms with E-state index in [4.69, 9.17) is 0 Å². The fourth-order valence-electron chi connectivity index (χ4n) is 3.86. The van der Waals surface area contributed by atoms with Crippen LogP contribution in [0.4, 0.5) is 22.0 Å². The molecule has 0 bridgehead atoms. The van der Waals surface area contributed by atoms with Crippen molar-refractivity contribution in [3.63, 3.8) is 0 Å². The van der Waals surface area contributed by atoms with Crippen molar-refractivity contribution in [1.29, 1.82) is 0 Å². The molecule has 4 aromatic carbocycles. The van der Waals surface area contributed by atoms with E-state index >= 15 is 0 Å². The Hall–Kier alpha value is -3.47. The van der Waals surface area contributed by atoms with Crippen molar-refractivity contribution >= 4 is 16.8 Å². The minimum atomic E-state index is -1.99. The molecule has 0 saturated heterocycles. The Morgan fingerprint density at radius 3 is 2.06 bits per heavy atom. The zero-order valence-electron chi connectivity index (χ0n) is 17.2. The molecule has 0 nitrogen and oxygen atoms in total. The van der Waals surface area contributed by atoms with E-state index < -0.39 is 23.5 Å². The predicted molar refractivity (Wildman–Crippen MR) is 119 cm³/mol. The summed E-state index contributed by atoms with van der Waals surface area (Å²) in [5.74, 6) is -1.71. The molecule has 5 heteroatoms. The Bertz CT molecular complexity index is 1330. The molecule has 0 saturated carbocycles. The normalized spacial score (nSPS) is 11.1. The number of aryl methyl sites for hydroxylation is 1. The number of hydrogen-bond acceptors (Lipinski definition) is 0. The average molecular weight is 438 g/mol. The Morgan fingerprint density at radius 1 is 0.750 bits per heavy atom. The fourth-order valence-corrected chi connectivity index (χ4v) is 3.86. The summed E-state index contributed by atoms with van der Waals surface area (Å²) in [5, 5.41) is 0.618. The summed E-state index contributed by atoms with van der Waals surface area (Å²) in [6.07, 6.45) is 0.156. The highest BCUT2D eigenvalue weighted by Gasteiger charge is 2.13. The molecule has 4 aromatic rings. The molecule has 0 aliphatic carbocycles. The van der Waals surface area contributed by atoms with Gasteiger partial charge in [-0.15, -0.1) is 0 Å². The SMILES string of the molecule is CCCc1ccc(-c2ccc(-c3ccc4c(F)c(C=C(F)F)ccc4c3)c(F)c2)c(F)c1. The van der Waals surface area contributed by atoms with Crippen LogP contribution in [0.15, 0.2) is 72.8 Å². The van der Waals surface area contributed by atoms with E-state index in [2.05, 4.69) is 0 Å². The lowest BCUT2D eigenvalue weighted by molar-refractivity contribution is 0.429. The molecule has 0 radical (unpaired) electrons. The van der Waals surface area contributed by atoms with Gasteiger partial charge in [0.15, 0.2) is 0 Å². The Balaban J connectivity index is 1.71. The topological polar surface area (TPSA) is 0 Å². The molecule has 0 fully saturated rings. The first-order valence-electron chi connectivity index (χ1n) is 10.2. The summed E-state index contributed by atoms with van der Waals surface area (Å²) < 4.78 is 69.0. The zero-order valence-corrected chi connectivity index (χ0v) is 17.2. The molecular weight excluding hydrogens is 419 g/mol.